The third-order valence-corrected chi connectivity index (χ3v) is 3.69. The van der Waals surface area contributed by atoms with E-state index in [9.17, 15) is 0 Å². The molecule has 0 amide bonds. The zero-order valence-corrected chi connectivity index (χ0v) is 11.8. The van der Waals surface area contributed by atoms with E-state index in [-0.39, 0.29) is 0 Å². The highest BCUT2D eigenvalue weighted by Gasteiger charge is 2.01. The van der Waals surface area contributed by atoms with Crippen LogP contribution in [0, 0.1) is 3.77 Å². The number of halogens is 1. The lowest BCUT2D eigenvalue weighted by Gasteiger charge is -2.00. The summed E-state index contributed by atoms with van der Waals surface area (Å²) in [5.41, 5.74) is 1.38. The molecule has 0 N–H and O–H groups in total. The van der Waals surface area contributed by atoms with Gasteiger partial charge >= 0.3 is 0 Å². The minimum Gasteiger partial charge on any atom is -0.458 e. The van der Waals surface area contributed by atoms with Crippen LogP contribution < -0.4 is 0 Å². The van der Waals surface area contributed by atoms with E-state index in [2.05, 4.69) is 35.6 Å². The topological polar surface area (TPSA) is 13.1 Å². The Labute approximate surface area is 107 Å². The van der Waals surface area contributed by atoms with Gasteiger partial charge in [0.2, 0.25) is 0 Å². The maximum absolute atomic E-state index is 5.26. The van der Waals surface area contributed by atoms with Crippen LogP contribution in [0.3, 0.4) is 0 Å². The SMILES string of the molecule is CCCCCCCCCc1ccoc1I. The zero-order valence-electron chi connectivity index (χ0n) is 9.60. The molecule has 86 valence electrons. The minimum absolute atomic E-state index is 1.07. The summed E-state index contributed by atoms with van der Waals surface area (Å²) in [4.78, 5) is 0. The van der Waals surface area contributed by atoms with E-state index in [0.29, 0.717) is 0 Å². The number of hydrogen-bond donors (Lipinski definition) is 0. The van der Waals surface area contributed by atoms with Crippen LogP contribution in [0.5, 0.6) is 0 Å². The third-order valence-electron chi connectivity index (χ3n) is 2.74. The van der Waals surface area contributed by atoms with Crippen molar-refractivity contribution in [2.75, 3.05) is 0 Å². The minimum atomic E-state index is 1.07. The molecule has 0 saturated carbocycles. The quantitative estimate of drug-likeness (QED) is 0.475. The number of furan rings is 1. The summed E-state index contributed by atoms with van der Waals surface area (Å²) in [5, 5.41) is 0. The van der Waals surface area contributed by atoms with Gasteiger partial charge in [0.25, 0.3) is 0 Å². The van der Waals surface area contributed by atoms with Crippen molar-refractivity contribution in [1.29, 1.82) is 0 Å². The molecule has 0 atom stereocenters. The molecule has 0 aliphatic carbocycles. The molecule has 0 fully saturated rings. The van der Waals surface area contributed by atoms with Crippen molar-refractivity contribution >= 4 is 22.6 Å². The first-order valence-corrected chi connectivity index (χ1v) is 7.14. The average Bonchev–Trinajstić information content (AvgIpc) is 2.63. The summed E-state index contributed by atoms with van der Waals surface area (Å²) in [6.45, 7) is 2.26. The summed E-state index contributed by atoms with van der Waals surface area (Å²) < 4.78 is 6.33. The molecular weight excluding hydrogens is 299 g/mol. The van der Waals surface area contributed by atoms with E-state index in [1.165, 1.54) is 56.9 Å². The fraction of sp³-hybridized carbons (Fsp3) is 0.692. The predicted molar refractivity (Wildman–Crippen MR) is 73.1 cm³/mol. The van der Waals surface area contributed by atoms with Crippen LogP contribution in [0.4, 0.5) is 0 Å². The van der Waals surface area contributed by atoms with Gasteiger partial charge in [0, 0.05) is 5.56 Å². The van der Waals surface area contributed by atoms with Crippen LogP contribution in [-0.4, -0.2) is 0 Å². The second-order valence-corrected chi connectivity index (χ2v) is 5.07. The second-order valence-electron chi connectivity index (χ2n) is 4.09. The summed E-state index contributed by atoms with van der Waals surface area (Å²) in [6.07, 6.45) is 12.6. The molecule has 1 nitrogen and oxygen atoms in total. The van der Waals surface area contributed by atoms with Gasteiger partial charge in [0.1, 0.15) is 0 Å². The zero-order chi connectivity index (χ0) is 10.9. The fourth-order valence-electron chi connectivity index (χ4n) is 1.77. The van der Waals surface area contributed by atoms with Gasteiger partial charge in [-0.3, -0.25) is 0 Å². The molecule has 2 heteroatoms. The van der Waals surface area contributed by atoms with Crippen LogP contribution in [0.15, 0.2) is 16.7 Å². The molecule has 1 aromatic heterocycles. The van der Waals surface area contributed by atoms with Crippen LogP contribution >= 0.6 is 22.6 Å². The Morgan fingerprint density at radius 2 is 1.73 bits per heavy atom. The first-order valence-electron chi connectivity index (χ1n) is 6.06. The maximum atomic E-state index is 5.26. The van der Waals surface area contributed by atoms with Crippen molar-refractivity contribution in [1.82, 2.24) is 0 Å². The monoisotopic (exact) mass is 320 g/mol. The Morgan fingerprint density at radius 3 is 2.33 bits per heavy atom. The van der Waals surface area contributed by atoms with Gasteiger partial charge in [-0.05, 0) is 41.5 Å². The third kappa shape index (κ3) is 5.59. The molecule has 0 bridgehead atoms. The van der Waals surface area contributed by atoms with Crippen LogP contribution in [0.2, 0.25) is 0 Å². The molecule has 0 spiro atoms. The Balaban J connectivity index is 1.96. The van der Waals surface area contributed by atoms with Crippen molar-refractivity contribution in [3.63, 3.8) is 0 Å². The van der Waals surface area contributed by atoms with Gasteiger partial charge in [-0.2, -0.15) is 0 Å². The Hall–Kier alpha value is 0.01000. The molecular formula is C13H21IO. The summed E-state index contributed by atoms with van der Waals surface area (Å²) in [5.74, 6) is 0. The van der Waals surface area contributed by atoms with Crippen LogP contribution in [0.1, 0.15) is 57.4 Å². The number of rotatable bonds is 8. The number of hydrogen-bond acceptors (Lipinski definition) is 1. The van der Waals surface area contributed by atoms with E-state index >= 15 is 0 Å². The van der Waals surface area contributed by atoms with E-state index in [0.717, 1.165) is 3.77 Å². The molecule has 1 rings (SSSR count). The van der Waals surface area contributed by atoms with Crippen molar-refractivity contribution in [2.45, 2.75) is 58.3 Å². The van der Waals surface area contributed by atoms with Gasteiger partial charge in [-0.25, -0.2) is 0 Å². The van der Waals surface area contributed by atoms with Crippen molar-refractivity contribution in [3.05, 3.63) is 21.7 Å². The first-order chi connectivity index (χ1) is 7.34. The van der Waals surface area contributed by atoms with Gasteiger partial charge < -0.3 is 4.42 Å². The molecule has 0 aliphatic heterocycles. The van der Waals surface area contributed by atoms with E-state index < -0.39 is 0 Å². The van der Waals surface area contributed by atoms with Gasteiger partial charge in [-0.1, -0.05) is 45.4 Å². The van der Waals surface area contributed by atoms with Crippen LogP contribution in [0.25, 0.3) is 0 Å². The number of aryl methyl sites for hydroxylation is 1. The Kier molecular flexibility index (Phi) is 7.14. The fourth-order valence-corrected chi connectivity index (χ4v) is 2.37. The predicted octanol–water partition coefficient (Wildman–Crippen LogP) is 5.18. The molecule has 0 unspecified atom stereocenters. The van der Waals surface area contributed by atoms with Crippen molar-refractivity contribution in [2.24, 2.45) is 0 Å². The van der Waals surface area contributed by atoms with E-state index in [1.807, 2.05) is 0 Å². The summed E-state index contributed by atoms with van der Waals surface area (Å²) in [7, 11) is 0. The summed E-state index contributed by atoms with van der Waals surface area (Å²) >= 11 is 2.27. The molecule has 1 heterocycles. The Bertz CT molecular complexity index is 255. The lowest BCUT2D eigenvalue weighted by molar-refractivity contribution is 0.530. The normalized spacial score (nSPS) is 10.8. The van der Waals surface area contributed by atoms with Crippen molar-refractivity contribution in [3.8, 4) is 0 Å². The van der Waals surface area contributed by atoms with Gasteiger partial charge in [0.15, 0.2) is 3.77 Å². The highest BCUT2D eigenvalue weighted by molar-refractivity contribution is 14.1. The molecule has 0 aliphatic rings. The lowest BCUT2D eigenvalue weighted by atomic mass is 10.1. The summed E-state index contributed by atoms with van der Waals surface area (Å²) in [6, 6.07) is 2.10. The van der Waals surface area contributed by atoms with Crippen LogP contribution in [-0.2, 0) is 6.42 Å². The van der Waals surface area contributed by atoms with E-state index in [1.54, 1.807) is 6.26 Å². The highest BCUT2D eigenvalue weighted by atomic mass is 127. The van der Waals surface area contributed by atoms with E-state index in [4.69, 9.17) is 4.42 Å². The van der Waals surface area contributed by atoms with Gasteiger partial charge in [0.05, 0.1) is 6.26 Å². The number of unbranched alkanes of at least 4 members (excludes halogenated alkanes) is 6. The Morgan fingerprint density at radius 1 is 1.07 bits per heavy atom. The molecule has 0 saturated heterocycles. The second kappa shape index (κ2) is 8.20. The molecule has 15 heavy (non-hydrogen) atoms. The molecule has 0 aromatic carbocycles. The smallest absolute Gasteiger partial charge is 0.166 e. The lowest BCUT2D eigenvalue weighted by Crippen LogP contribution is -1.86. The molecule has 1 aromatic rings. The van der Waals surface area contributed by atoms with Crippen molar-refractivity contribution < 1.29 is 4.42 Å². The maximum Gasteiger partial charge on any atom is 0.166 e. The first kappa shape index (κ1) is 13.1. The average molecular weight is 320 g/mol. The van der Waals surface area contributed by atoms with Gasteiger partial charge in [-0.15, -0.1) is 0 Å². The standard InChI is InChI=1S/C13H21IO/c1-2-3-4-5-6-7-8-9-12-10-11-15-13(12)14/h10-11H,2-9H2,1H3. The highest BCUT2D eigenvalue weighted by Crippen LogP contribution is 2.16. The largest absolute Gasteiger partial charge is 0.458 e. The molecule has 0 radical (unpaired) electrons.